The zero-order chi connectivity index (χ0) is 25.9. The van der Waals surface area contributed by atoms with E-state index >= 15 is 0 Å². The molecule has 35 heavy (non-hydrogen) atoms. The Bertz CT molecular complexity index is 1400. The summed E-state index contributed by atoms with van der Waals surface area (Å²) < 4.78 is 37.9. The van der Waals surface area contributed by atoms with Crippen LogP contribution in [0, 0.1) is 24.7 Å². The van der Waals surface area contributed by atoms with Crippen molar-refractivity contribution in [3.63, 3.8) is 0 Å². The second-order valence-electron chi connectivity index (χ2n) is 11.9. The number of aromatic nitrogens is 4. The van der Waals surface area contributed by atoms with Gasteiger partial charge in [-0.3, -0.25) is 9.13 Å². The number of imidazole rings is 1. The Labute approximate surface area is 207 Å². The van der Waals surface area contributed by atoms with Gasteiger partial charge in [0.25, 0.3) is 0 Å². The minimum Gasteiger partial charge on any atom is -0.360 e. The van der Waals surface area contributed by atoms with Gasteiger partial charge in [-0.1, -0.05) is 39.8 Å². The Kier molecular flexibility index (Phi) is 6.29. The monoisotopic (exact) mass is 503 g/mol. The van der Waals surface area contributed by atoms with Gasteiger partial charge in [-0.25, -0.2) is 22.9 Å². The second-order valence-corrected chi connectivity index (χ2v) is 13.5. The van der Waals surface area contributed by atoms with Crippen LogP contribution in [0.3, 0.4) is 0 Å². The van der Waals surface area contributed by atoms with Crippen molar-refractivity contribution in [3.05, 3.63) is 39.8 Å². The lowest BCUT2D eigenvalue weighted by Crippen LogP contribution is -2.48. The van der Waals surface area contributed by atoms with Gasteiger partial charge in [0.05, 0.1) is 5.52 Å². The molecule has 3 aromatic heterocycles. The highest BCUT2D eigenvalue weighted by Crippen LogP contribution is 2.43. The lowest BCUT2D eigenvalue weighted by atomic mass is 9.69. The largest absolute Gasteiger partial charge is 0.360 e. The Morgan fingerprint density at radius 3 is 2.51 bits per heavy atom. The topological polar surface area (TPSA) is 112 Å². The maximum absolute atomic E-state index is 13.2. The molecule has 1 N–H and O–H groups in total. The van der Waals surface area contributed by atoms with Gasteiger partial charge in [0, 0.05) is 31.2 Å². The summed E-state index contributed by atoms with van der Waals surface area (Å²) in [6, 6.07) is 3.68. The summed E-state index contributed by atoms with van der Waals surface area (Å²) in [7, 11) is -2.04. The first-order valence-corrected chi connectivity index (χ1v) is 13.6. The van der Waals surface area contributed by atoms with Crippen LogP contribution in [-0.2, 0) is 23.6 Å². The van der Waals surface area contributed by atoms with E-state index in [0.29, 0.717) is 24.3 Å². The van der Waals surface area contributed by atoms with Crippen molar-refractivity contribution in [2.45, 2.75) is 91.1 Å². The predicted molar refractivity (Wildman–Crippen MR) is 135 cm³/mol. The molecular weight excluding hydrogens is 466 g/mol. The third kappa shape index (κ3) is 4.82. The van der Waals surface area contributed by atoms with E-state index in [1.165, 1.54) is 0 Å². The molecule has 0 radical (unpaired) electrons. The zero-order valence-corrected chi connectivity index (χ0v) is 22.8. The highest BCUT2D eigenvalue weighted by atomic mass is 32.2. The first-order chi connectivity index (χ1) is 16.1. The van der Waals surface area contributed by atoms with Gasteiger partial charge < -0.3 is 4.52 Å². The van der Waals surface area contributed by atoms with E-state index in [4.69, 9.17) is 9.51 Å². The molecule has 0 spiro atoms. The molecule has 0 saturated heterocycles. The molecule has 0 bridgehead atoms. The molecule has 0 aromatic carbocycles. The molecule has 2 atom stereocenters. The highest BCUT2D eigenvalue weighted by molar-refractivity contribution is 7.89. The maximum atomic E-state index is 13.2. The summed E-state index contributed by atoms with van der Waals surface area (Å²) >= 11 is 0. The molecule has 9 nitrogen and oxygen atoms in total. The average molecular weight is 504 g/mol. The number of nitrogens with one attached hydrogen (secondary N) is 1. The number of hydrogen-bond acceptors (Lipinski definition) is 6. The molecular formula is C25H37N5O4S. The van der Waals surface area contributed by atoms with Crippen LogP contribution in [-0.4, -0.2) is 33.7 Å². The molecule has 192 valence electrons. The van der Waals surface area contributed by atoms with Crippen molar-refractivity contribution in [1.82, 2.24) is 24.0 Å². The normalized spacial score (nSPS) is 21.0. The summed E-state index contributed by atoms with van der Waals surface area (Å²) in [6.45, 7) is 14.4. The molecule has 3 heterocycles. The zero-order valence-electron chi connectivity index (χ0n) is 22.0. The molecule has 0 amide bonds. The standard InChI is InChI=1S/C25H37N5O4S/c1-15-21(16(2)34-27-15)35(32,33)28-20-13-17(11-12-25(20,6)7)18-9-10-19-22(26-18)29(8)23(31)30(19)14-24(3,4)5/h9-10,17,20,28H,11-14H2,1-8H3. The van der Waals surface area contributed by atoms with Crippen LogP contribution in [0.25, 0.3) is 11.2 Å². The van der Waals surface area contributed by atoms with Crippen LogP contribution in [0.1, 0.15) is 76.9 Å². The summed E-state index contributed by atoms with van der Waals surface area (Å²) in [6.07, 6.45) is 2.35. The van der Waals surface area contributed by atoms with Gasteiger partial charge in [0.15, 0.2) is 11.4 Å². The lowest BCUT2D eigenvalue weighted by molar-refractivity contribution is 0.170. The summed E-state index contributed by atoms with van der Waals surface area (Å²) in [5, 5.41) is 3.81. The number of sulfonamides is 1. The fraction of sp³-hybridized carbons (Fsp3) is 0.640. The minimum absolute atomic E-state index is 0.0443. The molecule has 2 unspecified atom stereocenters. The summed E-state index contributed by atoms with van der Waals surface area (Å²) in [5.41, 5.74) is 2.38. The number of nitrogens with zero attached hydrogens (tertiary/aromatic N) is 4. The highest BCUT2D eigenvalue weighted by Gasteiger charge is 2.41. The Morgan fingerprint density at radius 1 is 1.23 bits per heavy atom. The molecule has 1 aliphatic rings. The van der Waals surface area contributed by atoms with Gasteiger partial charge >= 0.3 is 5.69 Å². The molecule has 1 saturated carbocycles. The van der Waals surface area contributed by atoms with Crippen LogP contribution < -0.4 is 10.4 Å². The Morgan fingerprint density at radius 2 is 1.91 bits per heavy atom. The number of fused-ring (bicyclic) bond motifs is 1. The second kappa shape index (κ2) is 8.58. The van der Waals surface area contributed by atoms with Crippen molar-refractivity contribution < 1.29 is 12.9 Å². The van der Waals surface area contributed by atoms with E-state index < -0.39 is 10.0 Å². The molecule has 10 heteroatoms. The average Bonchev–Trinajstić information content (AvgIpc) is 3.20. The van der Waals surface area contributed by atoms with E-state index in [2.05, 4.69) is 44.5 Å². The van der Waals surface area contributed by atoms with Crippen molar-refractivity contribution in [1.29, 1.82) is 0 Å². The molecule has 1 fully saturated rings. The molecule has 3 aromatic rings. The number of pyridine rings is 1. The van der Waals surface area contributed by atoms with E-state index in [9.17, 15) is 13.2 Å². The van der Waals surface area contributed by atoms with Crippen molar-refractivity contribution in [2.24, 2.45) is 17.9 Å². The van der Waals surface area contributed by atoms with Gasteiger partial charge in [-0.05, 0) is 56.1 Å². The third-order valence-corrected chi connectivity index (χ3v) is 8.90. The van der Waals surface area contributed by atoms with E-state index in [-0.39, 0.29) is 39.1 Å². The van der Waals surface area contributed by atoms with Crippen LogP contribution in [0.2, 0.25) is 0 Å². The first-order valence-electron chi connectivity index (χ1n) is 12.1. The number of rotatable bonds is 5. The maximum Gasteiger partial charge on any atom is 0.330 e. The van der Waals surface area contributed by atoms with Gasteiger partial charge in [-0.15, -0.1) is 0 Å². The van der Waals surface area contributed by atoms with Crippen LogP contribution in [0.4, 0.5) is 0 Å². The number of aryl methyl sites for hydroxylation is 3. The van der Waals surface area contributed by atoms with Crippen molar-refractivity contribution in [2.75, 3.05) is 0 Å². The molecule has 1 aliphatic carbocycles. The molecule has 0 aliphatic heterocycles. The fourth-order valence-electron chi connectivity index (χ4n) is 5.17. The predicted octanol–water partition coefficient (Wildman–Crippen LogP) is 4.03. The summed E-state index contributed by atoms with van der Waals surface area (Å²) in [5.74, 6) is 0.360. The van der Waals surface area contributed by atoms with Gasteiger partial charge in [0.1, 0.15) is 10.6 Å². The quantitative estimate of drug-likeness (QED) is 0.563. The lowest BCUT2D eigenvalue weighted by Gasteiger charge is -2.42. The van der Waals surface area contributed by atoms with E-state index in [0.717, 1.165) is 24.1 Å². The van der Waals surface area contributed by atoms with Gasteiger partial charge in [-0.2, -0.15) is 0 Å². The van der Waals surface area contributed by atoms with E-state index in [1.54, 1.807) is 30.0 Å². The Hall–Kier alpha value is -2.46. The first kappa shape index (κ1) is 25.6. The number of hydrogen-bond donors (Lipinski definition) is 1. The van der Waals surface area contributed by atoms with Crippen molar-refractivity contribution >= 4 is 21.2 Å². The van der Waals surface area contributed by atoms with Gasteiger partial charge in [0.2, 0.25) is 10.0 Å². The smallest absolute Gasteiger partial charge is 0.330 e. The third-order valence-electron chi connectivity index (χ3n) is 7.19. The SMILES string of the molecule is Cc1noc(C)c1S(=O)(=O)NC1CC(c2ccc3c(n2)n(C)c(=O)n3CC(C)(C)C)CCC1(C)C. The van der Waals surface area contributed by atoms with Crippen molar-refractivity contribution in [3.8, 4) is 0 Å². The fourth-order valence-corrected chi connectivity index (χ4v) is 6.91. The Balaban J connectivity index is 1.65. The minimum atomic E-state index is -3.79. The van der Waals surface area contributed by atoms with E-state index in [1.807, 2.05) is 12.1 Å². The van der Waals surface area contributed by atoms with Crippen LogP contribution >= 0.6 is 0 Å². The molecule has 4 rings (SSSR count). The van der Waals surface area contributed by atoms with Crippen LogP contribution in [0.15, 0.2) is 26.3 Å². The summed E-state index contributed by atoms with van der Waals surface area (Å²) in [4.78, 5) is 17.9. The van der Waals surface area contributed by atoms with Crippen LogP contribution in [0.5, 0.6) is 0 Å².